The van der Waals surface area contributed by atoms with Crippen LogP contribution < -0.4 is 19.7 Å². The summed E-state index contributed by atoms with van der Waals surface area (Å²) in [6.07, 6.45) is 4.25. The highest BCUT2D eigenvalue weighted by atomic mass is 16.5. The fourth-order valence-electron chi connectivity index (χ4n) is 5.94. The Morgan fingerprint density at radius 1 is 0.950 bits per heavy atom. The van der Waals surface area contributed by atoms with Gasteiger partial charge >= 0.3 is 0 Å². The van der Waals surface area contributed by atoms with Gasteiger partial charge in [-0.3, -0.25) is 14.5 Å². The van der Waals surface area contributed by atoms with Crippen LogP contribution in [0.4, 0.5) is 11.4 Å². The number of ether oxygens (including phenoxy) is 2. The van der Waals surface area contributed by atoms with Gasteiger partial charge in [0.05, 0.1) is 31.1 Å². The average molecular weight is 539 g/mol. The van der Waals surface area contributed by atoms with E-state index in [4.69, 9.17) is 9.47 Å². The van der Waals surface area contributed by atoms with Crippen LogP contribution in [0.25, 0.3) is 0 Å². The van der Waals surface area contributed by atoms with Crippen LogP contribution in [0.5, 0.6) is 11.5 Å². The van der Waals surface area contributed by atoms with E-state index in [0.717, 1.165) is 59.0 Å². The number of nitrogens with zero attached hydrogens (tertiary/aromatic N) is 1. The fraction of sp³-hybridized carbons (Fsp3) is 0.353. The topological polar surface area (TPSA) is 67.9 Å². The summed E-state index contributed by atoms with van der Waals surface area (Å²) in [5, 5.41) is 3.62. The van der Waals surface area contributed by atoms with Gasteiger partial charge in [-0.2, -0.15) is 0 Å². The first-order valence-electron chi connectivity index (χ1n) is 14.4. The molecule has 0 saturated carbocycles. The SMILES string of the molecule is CCCCCC(=O)N1c2ccccc2NC2=C(C(=O)C[C@@H](c3ccccc3OCC)C2)[C@@H]1c1ccc(OC)cc1. The van der Waals surface area contributed by atoms with Crippen LogP contribution in [0, 0.1) is 0 Å². The Morgan fingerprint density at radius 2 is 1.70 bits per heavy atom. The standard InChI is InChI=1S/C34H38N2O4/c1-4-6-7-16-32(38)36-29-14-10-9-13-27(29)35-28-21-24(26-12-8-11-15-31(26)40-5-2)22-30(37)33(28)34(36)23-17-19-25(39-3)20-18-23/h8-15,17-20,24,34-35H,4-7,16,21-22H2,1-3H3/t24-,34-/m0/s1. The second-order valence-corrected chi connectivity index (χ2v) is 10.4. The molecule has 40 heavy (non-hydrogen) atoms. The molecule has 0 unspecified atom stereocenters. The molecular formula is C34H38N2O4. The lowest BCUT2D eigenvalue weighted by molar-refractivity contribution is -0.119. The minimum absolute atomic E-state index is 0.0221. The summed E-state index contributed by atoms with van der Waals surface area (Å²) in [6.45, 7) is 4.67. The molecule has 5 rings (SSSR count). The number of hydrogen-bond donors (Lipinski definition) is 1. The number of rotatable bonds is 9. The number of unbranched alkanes of at least 4 members (excludes halogenated alkanes) is 2. The van der Waals surface area contributed by atoms with Crippen molar-refractivity contribution in [2.75, 3.05) is 23.9 Å². The molecular weight excluding hydrogens is 500 g/mol. The molecule has 1 aliphatic carbocycles. The number of para-hydroxylation sites is 3. The molecule has 0 radical (unpaired) electrons. The first-order chi connectivity index (χ1) is 19.5. The number of benzene rings is 3. The van der Waals surface area contributed by atoms with Crippen molar-refractivity contribution in [2.24, 2.45) is 0 Å². The van der Waals surface area contributed by atoms with Crippen LogP contribution in [0.2, 0.25) is 0 Å². The predicted octanol–water partition coefficient (Wildman–Crippen LogP) is 7.57. The first kappa shape index (κ1) is 27.5. The largest absolute Gasteiger partial charge is 0.497 e. The van der Waals surface area contributed by atoms with E-state index in [1.807, 2.05) is 78.6 Å². The molecule has 3 aromatic carbocycles. The van der Waals surface area contributed by atoms with Crippen molar-refractivity contribution in [3.05, 3.63) is 95.2 Å². The second-order valence-electron chi connectivity index (χ2n) is 10.4. The van der Waals surface area contributed by atoms with Crippen LogP contribution >= 0.6 is 0 Å². The van der Waals surface area contributed by atoms with Crippen molar-refractivity contribution in [1.29, 1.82) is 0 Å². The number of anilines is 2. The van der Waals surface area contributed by atoms with Crippen molar-refractivity contribution in [2.45, 2.75) is 64.3 Å². The smallest absolute Gasteiger partial charge is 0.227 e. The van der Waals surface area contributed by atoms with Crippen molar-refractivity contribution in [3.8, 4) is 11.5 Å². The van der Waals surface area contributed by atoms with E-state index in [2.05, 4.69) is 18.3 Å². The van der Waals surface area contributed by atoms with E-state index < -0.39 is 6.04 Å². The van der Waals surface area contributed by atoms with E-state index in [0.29, 0.717) is 31.4 Å². The van der Waals surface area contributed by atoms with Gasteiger partial charge < -0.3 is 14.8 Å². The highest BCUT2D eigenvalue weighted by Gasteiger charge is 2.41. The lowest BCUT2D eigenvalue weighted by atomic mass is 9.78. The monoisotopic (exact) mass is 538 g/mol. The molecule has 6 heteroatoms. The lowest BCUT2D eigenvalue weighted by Gasteiger charge is -2.35. The number of fused-ring (bicyclic) bond motifs is 1. The van der Waals surface area contributed by atoms with Gasteiger partial charge in [-0.1, -0.05) is 62.2 Å². The van der Waals surface area contributed by atoms with E-state index in [9.17, 15) is 9.59 Å². The summed E-state index contributed by atoms with van der Waals surface area (Å²) in [6, 6.07) is 23.1. The Bertz CT molecular complexity index is 1400. The van der Waals surface area contributed by atoms with Crippen LogP contribution in [0.1, 0.15) is 75.5 Å². The summed E-state index contributed by atoms with van der Waals surface area (Å²) in [4.78, 5) is 30.1. The molecule has 1 N–H and O–H groups in total. The zero-order valence-electron chi connectivity index (χ0n) is 23.6. The molecule has 0 aromatic heterocycles. The van der Waals surface area contributed by atoms with Crippen molar-refractivity contribution < 1.29 is 19.1 Å². The summed E-state index contributed by atoms with van der Waals surface area (Å²) in [5.41, 5.74) is 5.08. The summed E-state index contributed by atoms with van der Waals surface area (Å²) < 4.78 is 11.4. The van der Waals surface area contributed by atoms with Crippen LogP contribution in [0.15, 0.2) is 84.1 Å². The maximum atomic E-state index is 14.2. The zero-order chi connectivity index (χ0) is 28.1. The highest BCUT2D eigenvalue weighted by Crippen LogP contribution is 2.48. The second kappa shape index (κ2) is 12.4. The van der Waals surface area contributed by atoms with Gasteiger partial charge in [-0.15, -0.1) is 0 Å². The number of hydrogen-bond acceptors (Lipinski definition) is 5. The number of amides is 1. The summed E-state index contributed by atoms with van der Waals surface area (Å²) in [5.74, 6) is 1.59. The first-order valence-corrected chi connectivity index (χ1v) is 14.4. The van der Waals surface area contributed by atoms with Crippen molar-refractivity contribution in [3.63, 3.8) is 0 Å². The molecule has 3 aromatic rings. The Hall–Kier alpha value is -4.06. The Labute approximate surface area is 237 Å². The van der Waals surface area contributed by atoms with Gasteiger partial charge in [0, 0.05) is 30.0 Å². The lowest BCUT2D eigenvalue weighted by Crippen LogP contribution is -2.38. The average Bonchev–Trinajstić information content (AvgIpc) is 3.12. The van der Waals surface area contributed by atoms with E-state index in [1.54, 1.807) is 7.11 Å². The molecule has 2 atom stereocenters. The molecule has 1 aliphatic heterocycles. The normalized spacial score (nSPS) is 18.4. The number of Topliss-reactive ketones (excluding diaryl/α,β-unsaturated/α-hetero) is 1. The zero-order valence-corrected chi connectivity index (χ0v) is 23.6. The summed E-state index contributed by atoms with van der Waals surface area (Å²) in [7, 11) is 1.63. The van der Waals surface area contributed by atoms with E-state index in [1.165, 1.54) is 0 Å². The van der Waals surface area contributed by atoms with Crippen molar-refractivity contribution >= 4 is 23.1 Å². The third-order valence-electron chi connectivity index (χ3n) is 7.84. The maximum Gasteiger partial charge on any atom is 0.227 e. The Kier molecular flexibility index (Phi) is 8.54. The van der Waals surface area contributed by atoms with Gasteiger partial charge in [0.1, 0.15) is 11.5 Å². The molecule has 208 valence electrons. The predicted molar refractivity (Wildman–Crippen MR) is 159 cm³/mol. The van der Waals surface area contributed by atoms with Crippen LogP contribution in [-0.4, -0.2) is 25.4 Å². The minimum Gasteiger partial charge on any atom is -0.497 e. The Balaban J connectivity index is 1.65. The molecule has 0 spiro atoms. The van der Waals surface area contributed by atoms with Gasteiger partial charge in [-0.05, 0) is 61.2 Å². The van der Waals surface area contributed by atoms with Gasteiger partial charge in [-0.25, -0.2) is 0 Å². The third kappa shape index (κ3) is 5.48. The molecule has 0 saturated heterocycles. The third-order valence-corrected chi connectivity index (χ3v) is 7.84. The molecule has 1 heterocycles. The number of nitrogens with one attached hydrogen (secondary N) is 1. The Morgan fingerprint density at radius 3 is 2.45 bits per heavy atom. The maximum absolute atomic E-state index is 14.2. The van der Waals surface area contributed by atoms with Crippen LogP contribution in [0.3, 0.4) is 0 Å². The van der Waals surface area contributed by atoms with E-state index >= 15 is 0 Å². The minimum atomic E-state index is -0.540. The van der Waals surface area contributed by atoms with Crippen molar-refractivity contribution in [1.82, 2.24) is 0 Å². The van der Waals surface area contributed by atoms with E-state index in [-0.39, 0.29) is 17.6 Å². The summed E-state index contributed by atoms with van der Waals surface area (Å²) >= 11 is 0. The molecule has 0 bridgehead atoms. The van der Waals surface area contributed by atoms with Gasteiger partial charge in [0.2, 0.25) is 5.91 Å². The molecule has 0 fully saturated rings. The molecule has 6 nitrogen and oxygen atoms in total. The van der Waals surface area contributed by atoms with Gasteiger partial charge in [0.15, 0.2) is 5.78 Å². The molecule has 1 amide bonds. The fourth-order valence-corrected chi connectivity index (χ4v) is 5.94. The number of ketones is 1. The molecule has 2 aliphatic rings. The number of allylic oxidation sites excluding steroid dienone is 1. The highest BCUT2D eigenvalue weighted by molar-refractivity contribution is 6.06. The van der Waals surface area contributed by atoms with Crippen LogP contribution in [-0.2, 0) is 9.59 Å². The quantitative estimate of drug-likeness (QED) is 0.285. The number of methoxy groups -OCH3 is 1. The van der Waals surface area contributed by atoms with Gasteiger partial charge in [0.25, 0.3) is 0 Å². The number of carbonyl (C=O) groups is 2. The number of carbonyl (C=O) groups excluding carboxylic acids is 2.